The van der Waals surface area contributed by atoms with Gasteiger partial charge in [0.05, 0.1) is 12.3 Å². The van der Waals surface area contributed by atoms with Crippen molar-refractivity contribution < 1.29 is 0 Å². The van der Waals surface area contributed by atoms with E-state index in [1.807, 2.05) is 12.2 Å². The molecule has 0 aromatic heterocycles. The lowest BCUT2D eigenvalue weighted by molar-refractivity contribution is 0.590. The van der Waals surface area contributed by atoms with Crippen LogP contribution in [0.2, 0.25) is 0 Å². The van der Waals surface area contributed by atoms with Gasteiger partial charge in [-0.15, -0.1) is 0 Å². The number of aliphatic imine (C=N–C) groups is 1. The van der Waals surface area contributed by atoms with Gasteiger partial charge in [0.25, 0.3) is 0 Å². The minimum atomic E-state index is 0.140. The third-order valence-electron chi connectivity index (χ3n) is 3.80. The third-order valence-corrected chi connectivity index (χ3v) is 3.80. The Morgan fingerprint density at radius 1 is 1.20 bits per heavy atom. The predicted molar refractivity (Wildman–Crippen MR) is 112 cm³/mol. The summed E-state index contributed by atoms with van der Waals surface area (Å²) in [6, 6.07) is 8.53. The number of rotatable bonds is 7. The van der Waals surface area contributed by atoms with Crippen molar-refractivity contribution in [2.75, 3.05) is 6.54 Å². The number of nitrogens with two attached hydrogens (primary N) is 1. The third kappa shape index (κ3) is 7.38. The van der Waals surface area contributed by atoms with Crippen LogP contribution in [-0.2, 0) is 5.41 Å². The van der Waals surface area contributed by atoms with Crippen molar-refractivity contribution in [3.8, 4) is 0 Å². The zero-order chi connectivity index (χ0) is 18.9. The summed E-state index contributed by atoms with van der Waals surface area (Å²) in [6.07, 6.45) is 11.5. The smallest absolute Gasteiger partial charge is 0.0665 e. The maximum absolute atomic E-state index is 5.61. The summed E-state index contributed by atoms with van der Waals surface area (Å²) in [5.74, 6) is 0.530. The molecule has 1 aromatic rings. The van der Waals surface area contributed by atoms with Gasteiger partial charge < -0.3 is 5.73 Å². The van der Waals surface area contributed by atoms with Crippen LogP contribution in [0.3, 0.4) is 0 Å². The largest absolute Gasteiger partial charge is 0.405 e. The van der Waals surface area contributed by atoms with E-state index in [9.17, 15) is 0 Å². The highest BCUT2D eigenvalue weighted by Crippen LogP contribution is 2.22. The van der Waals surface area contributed by atoms with E-state index >= 15 is 0 Å². The SMILES string of the molecule is C=C/C(=C\C=C\C(C)C)C/N=C(\C=C/N)c1ccc(C(C)(C)C)cc1. The first-order valence-corrected chi connectivity index (χ1v) is 8.81. The van der Waals surface area contributed by atoms with Gasteiger partial charge in [0.1, 0.15) is 0 Å². The standard InChI is InChI=1S/C23H32N2/c1-7-19(10-8-9-18(2)3)17-25-22(15-16-24)20-11-13-21(14-12-20)23(4,5)6/h7-16,18H,1,17,24H2,2-6H3/b9-8+,16-15-,19-10+,25-22+. The molecule has 0 bridgehead atoms. The normalized spacial score (nSPS) is 14.0. The Morgan fingerprint density at radius 3 is 2.32 bits per heavy atom. The van der Waals surface area contributed by atoms with Gasteiger partial charge in [0.2, 0.25) is 0 Å². The second-order valence-electron chi connectivity index (χ2n) is 7.46. The van der Waals surface area contributed by atoms with Gasteiger partial charge in [-0.2, -0.15) is 0 Å². The van der Waals surface area contributed by atoms with E-state index in [-0.39, 0.29) is 5.41 Å². The number of benzene rings is 1. The fourth-order valence-corrected chi connectivity index (χ4v) is 2.24. The summed E-state index contributed by atoms with van der Waals surface area (Å²) >= 11 is 0. The Bertz CT molecular complexity index is 663. The monoisotopic (exact) mass is 336 g/mol. The molecule has 0 aliphatic heterocycles. The summed E-state index contributed by atoms with van der Waals surface area (Å²) in [5, 5.41) is 0. The molecule has 1 rings (SSSR count). The Hall–Kier alpha value is -2.35. The maximum Gasteiger partial charge on any atom is 0.0665 e. The van der Waals surface area contributed by atoms with E-state index < -0.39 is 0 Å². The Labute approximate surface area is 153 Å². The molecule has 134 valence electrons. The molecular formula is C23H32N2. The quantitative estimate of drug-likeness (QED) is 0.513. The van der Waals surface area contributed by atoms with E-state index in [1.165, 1.54) is 11.8 Å². The van der Waals surface area contributed by atoms with Crippen LogP contribution in [0.1, 0.15) is 45.7 Å². The molecule has 0 saturated heterocycles. The van der Waals surface area contributed by atoms with Crippen molar-refractivity contribution in [2.45, 2.75) is 40.0 Å². The predicted octanol–water partition coefficient (Wildman–Crippen LogP) is 5.57. The number of allylic oxidation sites excluding steroid dienone is 4. The fourth-order valence-electron chi connectivity index (χ4n) is 2.24. The van der Waals surface area contributed by atoms with Gasteiger partial charge in [-0.3, -0.25) is 4.99 Å². The van der Waals surface area contributed by atoms with Gasteiger partial charge in [0.15, 0.2) is 0 Å². The molecule has 0 heterocycles. The van der Waals surface area contributed by atoms with Crippen LogP contribution < -0.4 is 5.73 Å². The molecule has 0 spiro atoms. The van der Waals surface area contributed by atoms with Crippen LogP contribution in [0.5, 0.6) is 0 Å². The first kappa shape index (κ1) is 20.7. The van der Waals surface area contributed by atoms with E-state index in [1.54, 1.807) is 0 Å². The number of nitrogens with zero attached hydrogens (tertiary/aromatic N) is 1. The first-order valence-electron chi connectivity index (χ1n) is 8.81. The van der Waals surface area contributed by atoms with Crippen molar-refractivity contribution in [1.29, 1.82) is 0 Å². The summed E-state index contributed by atoms with van der Waals surface area (Å²) in [6.45, 7) is 15.4. The van der Waals surface area contributed by atoms with Gasteiger partial charge in [-0.1, -0.05) is 89.8 Å². The number of hydrogen-bond donors (Lipinski definition) is 1. The van der Waals surface area contributed by atoms with Gasteiger partial charge in [-0.25, -0.2) is 0 Å². The van der Waals surface area contributed by atoms with Crippen molar-refractivity contribution >= 4 is 5.71 Å². The first-order chi connectivity index (χ1) is 11.8. The van der Waals surface area contributed by atoms with Crippen LogP contribution in [0, 0.1) is 5.92 Å². The van der Waals surface area contributed by atoms with Crippen molar-refractivity contribution in [3.63, 3.8) is 0 Å². The molecule has 2 N–H and O–H groups in total. The maximum atomic E-state index is 5.61. The second kappa shape index (κ2) is 9.83. The second-order valence-corrected chi connectivity index (χ2v) is 7.46. The summed E-state index contributed by atoms with van der Waals surface area (Å²) in [5.41, 5.74) is 10.1. The lowest BCUT2D eigenvalue weighted by Crippen LogP contribution is -2.11. The minimum absolute atomic E-state index is 0.140. The average molecular weight is 337 g/mol. The van der Waals surface area contributed by atoms with Crippen LogP contribution in [0.25, 0.3) is 0 Å². The van der Waals surface area contributed by atoms with Crippen LogP contribution in [-0.4, -0.2) is 12.3 Å². The Morgan fingerprint density at radius 2 is 1.84 bits per heavy atom. The fraction of sp³-hybridized carbons (Fsp3) is 0.348. The highest BCUT2D eigenvalue weighted by molar-refractivity contribution is 6.08. The van der Waals surface area contributed by atoms with E-state index in [0.29, 0.717) is 12.5 Å². The van der Waals surface area contributed by atoms with Crippen molar-refractivity contribution in [1.82, 2.24) is 0 Å². The van der Waals surface area contributed by atoms with Crippen molar-refractivity contribution in [2.24, 2.45) is 16.6 Å². The molecule has 0 unspecified atom stereocenters. The minimum Gasteiger partial charge on any atom is -0.405 e. The van der Waals surface area contributed by atoms with Crippen LogP contribution >= 0.6 is 0 Å². The molecule has 0 radical (unpaired) electrons. The highest BCUT2D eigenvalue weighted by atomic mass is 14.7. The van der Waals surface area contributed by atoms with Crippen molar-refractivity contribution in [3.05, 3.63) is 84.1 Å². The molecule has 0 aliphatic rings. The molecule has 2 heteroatoms. The molecule has 1 aromatic carbocycles. The summed E-state index contributed by atoms with van der Waals surface area (Å²) < 4.78 is 0. The van der Waals surface area contributed by atoms with Gasteiger partial charge in [-0.05, 0) is 40.3 Å². The molecule has 2 nitrogen and oxygen atoms in total. The molecule has 0 aliphatic carbocycles. The molecule has 0 saturated carbocycles. The van der Waals surface area contributed by atoms with E-state index in [0.717, 1.165) is 16.8 Å². The Kier molecular flexibility index (Phi) is 8.13. The molecule has 0 fully saturated rings. The topological polar surface area (TPSA) is 38.4 Å². The van der Waals surface area contributed by atoms with Gasteiger partial charge in [0, 0.05) is 0 Å². The average Bonchev–Trinajstić information content (AvgIpc) is 2.55. The zero-order valence-electron chi connectivity index (χ0n) is 16.3. The van der Waals surface area contributed by atoms with Gasteiger partial charge >= 0.3 is 0 Å². The molecular weight excluding hydrogens is 304 g/mol. The van der Waals surface area contributed by atoms with Crippen LogP contribution in [0.4, 0.5) is 0 Å². The number of hydrogen-bond acceptors (Lipinski definition) is 2. The van der Waals surface area contributed by atoms with E-state index in [2.05, 4.69) is 83.7 Å². The zero-order valence-corrected chi connectivity index (χ0v) is 16.3. The lowest BCUT2D eigenvalue weighted by Gasteiger charge is -2.19. The molecule has 0 atom stereocenters. The molecule has 0 amide bonds. The summed E-state index contributed by atoms with van der Waals surface area (Å²) in [7, 11) is 0. The Balaban J connectivity index is 3.02. The van der Waals surface area contributed by atoms with E-state index in [4.69, 9.17) is 10.7 Å². The highest BCUT2D eigenvalue weighted by Gasteiger charge is 2.13. The van der Waals surface area contributed by atoms with Crippen LogP contribution in [0.15, 0.2) is 78.0 Å². The lowest BCUT2D eigenvalue weighted by atomic mass is 9.86. The molecule has 25 heavy (non-hydrogen) atoms. The summed E-state index contributed by atoms with van der Waals surface area (Å²) in [4.78, 5) is 4.72.